The van der Waals surface area contributed by atoms with E-state index in [-0.39, 0.29) is 23.1 Å². The number of rotatable bonds is 3. The number of aryl methyl sites for hydroxylation is 1. The second kappa shape index (κ2) is 6.20. The summed E-state index contributed by atoms with van der Waals surface area (Å²) in [6.07, 6.45) is 3.17. The number of amides is 1. The first kappa shape index (κ1) is 15.8. The second-order valence-corrected chi connectivity index (χ2v) is 5.88. The zero-order valence-electron chi connectivity index (χ0n) is 12.2. The van der Waals surface area contributed by atoms with Crippen molar-refractivity contribution in [1.29, 1.82) is 0 Å². The highest BCUT2D eigenvalue weighted by Crippen LogP contribution is 2.30. The van der Waals surface area contributed by atoms with Gasteiger partial charge in [-0.3, -0.25) is 4.79 Å². The van der Waals surface area contributed by atoms with Gasteiger partial charge in [0.15, 0.2) is 0 Å². The second-order valence-electron chi connectivity index (χ2n) is 5.07. The van der Waals surface area contributed by atoms with Crippen molar-refractivity contribution in [3.8, 4) is 0 Å². The van der Waals surface area contributed by atoms with Crippen LogP contribution < -0.4 is 5.32 Å². The normalized spacial score (nSPS) is 11.0. The van der Waals surface area contributed by atoms with Gasteiger partial charge in [-0.15, -0.1) is 0 Å². The van der Waals surface area contributed by atoms with Gasteiger partial charge in [-0.1, -0.05) is 23.2 Å². The summed E-state index contributed by atoms with van der Waals surface area (Å²) in [5.74, 6) is -0.375. The Labute approximate surface area is 142 Å². The van der Waals surface area contributed by atoms with Crippen molar-refractivity contribution in [1.82, 2.24) is 9.55 Å². The molecule has 2 N–H and O–H groups in total. The molecule has 5 nitrogen and oxygen atoms in total. The molecule has 23 heavy (non-hydrogen) atoms. The molecule has 0 saturated carbocycles. The molecule has 0 spiro atoms. The number of benzene rings is 1. The molecule has 0 radical (unpaired) electrons. The topological polar surface area (TPSA) is 67.2 Å². The minimum Gasteiger partial charge on any atom is -0.392 e. The number of aromatic nitrogens is 2. The van der Waals surface area contributed by atoms with Crippen LogP contribution in [0.2, 0.25) is 10.0 Å². The molecule has 1 aromatic carbocycles. The first-order valence-corrected chi connectivity index (χ1v) is 7.57. The molecule has 3 rings (SSSR count). The maximum atomic E-state index is 12.4. The Balaban J connectivity index is 2.00. The summed E-state index contributed by atoms with van der Waals surface area (Å²) in [6.45, 7) is -0.180. The average molecular weight is 350 g/mol. The molecule has 0 bridgehead atoms. The van der Waals surface area contributed by atoms with Crippen LogP contribution in [0, 0.1) is 0 Å². The van der Waals surface area contributed by atoms with Crippen LogP contribution in [-0.2, 0) is 13.7 Å². The highest BCUT2D eigenvalue weighted by molar-refractivity contribution is 6.39. The summed E-state index contributed by atoms with van der Waals surface area (Å²) in [6, 6.07) is 6.76. The number of nitrogens with one attached hydrogen (secondary N) is 1. The number of hydrogen-bond donors (Lipinski definition) is 2. The van der Waals surface area contributed by atoms with Gasteiger partial charge in [0, 0.05) is 41.1 Å². The standard InChI is InChI=1S/C16H13Cl2N3O2/c1-21-7-9(8-22)13-14(18)12(6-19-15(13)21)16(23)20-11-4-2-10(17)3-5-11/h2-7,22H,8H2,1H3,(H,20,23). The smallest absolute Gasteiger partial charge is 0.258 e. The summed E-state index contributed by atoms with van der Waals surface area (Å²) in [5.41, 5.74) is 2.09. The molecule has 2 heterocycles. The fraction of sp³-hybridized carbons (Fsp3) is 0.125. The minimum absolute atomic E-state index is 0.180. The van der Waals surface area contributed by atoms with Gasteiger partial charge in [0.2, 0.25) is 0 Å². The molecular weight excluding hydrogens is 337 g/mol. The van der Waals surface area contributed by atoms with Gasteiger partial charge in [-0.25, -0.2) is 4.98 Å². The number of aliphatic hydroxyl groups is 1. The van der Waals surface area contributed by atoms with Crippen LogP contribution in [0.4, 0.5) is 5.69 Å². The van der Waals surface area contributed by atoms with E-state index in [4.69, 9.17) is 23.2 Å². The lowest BCUT2D eigenvalue weighted by molar-refractivity contribution is 0.102. The third-order valence-corrected chi connectivity index (χ3v) is 4.16. The van der Waals surface area contributed by atoms with Gasteiger partial charge in [0.25, 0.3) is 5.91 Å². The number of pyridine rings is 1. The molecule has 7 heteroatoms. The lowest BCUT2D eigenvalue weighted by atomic mass is 10.1. The third kappa shape index (κ3) is 2.91. The van der Waals surface area contributed by atoms with E-state index in [9.17, 15) is 9.90 Å². The molecule has 0 saturated heterocycles. The van der Waals surface area contributed by atoms with Gasteiger partial charge in [0.1, 0.15) is 5.65 Å². The lowest BCUT2D eigenvalue weighted by Gasteiger charge is -2.08. The maximum absolute atomic E-state index is 12.4. The molecule has 0 aliphatic heterocycles. The number of carbonyl (C=O) groups is 1. The molecule has 118 valence electrons. The zero-order valence-corrected chi connectivity index (χ0v) is 13.7. The Hall–Kier alpha value is -2.08. The van der Waals surface area contributed by atoms with Crippen molar-refractivity contribution in [2.45, 2.75) is 6.61 Å². The van der Waals surface area contributed by atoms with Gasteiger partial charge in [-0.05, 0) is 24.3 Å². The van der Waals surface area contributed by atoms with Gasteiger partial charge < -0.3 is 15.0 Å². The molecule has 3 aromatic rings. The first-order valence-electron chi connectivity index (χ1n) is 6.81. The third-order valence-electron chi connectivity index (χ3n) is 3.52. The Morgan fingerprint density at radius 1 is 1.30 bits per heavy atom. The summed E-state index contributed by atoms with van der Waals surface area (Å²) in [4.78, 5) is 16.7. The fourth-order valence-electron chi connectivity index (χ4n) is 2.40. The van der Waals surface area contributed by atoms with Crippen LogP contribution >= 0.6 is 23.2 Å². The van der Waals surface area contributed by atoms with Crippen LogP contribution in [0.3, 0.4) is 0 Å². The van der Waals surface area contributed by atoms with E-state index in [1.807, 2.05) is 0 Å². The number of carbonyl (C=O) groups excluding carboxylic acids is 1. The van der Waals surface area contributed by atoms with Crippen molar-refractivity contribution in [3.05, 3.63) is 57.8 Å². The van der Waals surface area contributed by atoms with Crippen molar-refractivity contribution in [3.63, 3.8) is 0 Å². The number of anilines is 1. The first-order chi connectivity index (χ1) is 11.0. The van der Waals surface area contributed by atoms with Crippen LogP contribution in [0.1, 0.15) is 15.9 Å². The summed E-state index contributed by atoms with van der Waals surface area (Å²) in [5, 5.41) is 13.6. The number of aliphatic hydroxyl groups excluding tert-OH is 1. The van der Waals surface area contributed by atoms with E-state index in [0.29, 0.717) is 27.3 Å². The van der Waals surface area contributed by atoms with Gasteiger partial charge in [0.05, 0.1) is 17.2 Å². The van der Waals surface area contributed by atoms with Crippen LogP contribution in [0.15, 0.2) is 36.7 Å². The molecule has 0 aliphatic carbocycles. The van der Waals surface area contributed by atoms with Crippen LogP contribution in [0.25, 0.3) is 11.0 Å². The quantitative estimate of drug-likeness (QED) is 0.758. The molecule has 2 aromatic heterocycles. The Kier molecular flexibility index (Phi) is 4.26. The Morgan fingerprint density at radius 2 is 2.00 bits per heavy atom. The molecule has 0 fully saturated rings. The van der Waals surface area contributed by atoms with Crippen LogP contribution in [0.5, 0.6) is 0 Å². The van der Waals surface area contributed by atoms with E-state index < -0.39 is 0 Å². The van der Waals surface area contributed by atoms with E-state index in [1.165, 1.54) is 6.20 Å². The summed E-state index contributed by atoms with van der Waals surface area (Å²) in [7, 11) is 1.80. The summed E-state index contributed by atoms with van der Waals surface area (Å²) >= 11 is 12.2. The maximum Gasteiger partial charge on any atom is 0.258 e. The lowest BCUT2D eigenvalue weighted by Crippen LogP contribution is -2.13. The largest absolute Gasteiger partial charge is 0.392 e. The van der Waals surface area contributed by atoms with Crippen molar-refractivity contribution >= 4 is 45.8 Å². The highest BCUT2D eigenvalue weighted by Gasteiger charge is 2.18. The molecule has 0 unspecified atom stereocenters. The summed E-state index contributed by atoms with van der Waals surface area (Å²) < 4.78 is 1.76. The molecule has 0 aliphatic rings. The van der Waals surface area contributed by atoms with Crippen LogP contribution in [-0.4, -0.2) is 20.6 Å². The van der Waals surface area contributed by atoms with E-state index in [0.717, 1.165) is 0 Å². The predicted molar refractivity (Wildman–Crippen MR) is 91.1 cm³/mol. The van der Waals surface area contributed by atoms with E-state index in [2.05, 4.69) is 10.3 Å². The van der Waals surface area contributed by atoms with Gasteiger partial charge in [-0.2, -0.15) is 0 Å². The van der Waals surface area contributed by atoms with Crippen molar-refractivity contribution in [2.75, 3.05) is 5.32 Å². The van der Waals surface area contributed by atoms with Gasteiger partial charge >= 0.3 is 0 Å². The Morgan fingerprint density at radius 3 is 2.65 bits per heavy atom. The van der Waals surface area contributed by atoms with Crippen molar-refractivity contribution < 1.29 is 9.90 Å². The molecule has 0 atom stereocenters. The number of fused-ring (bicyclic) bond motifs is 1. The number of nitrogens with zero attached hydrogens (tertiary/aromatic N) is 2. The highest BCUT2D eigenvalue weighted by atomic mass is 35.5. The van der Waals surface area contributed by atoms with E-state index in [1.54, 1.807) is 42.1 Å². The predicted octanol–water partition coefficient (Wildman–Crippen LogP) is 3.62. The van der Waals surface area contributed by atoms with E-state index >= 15 is 0 Å². The number of hydrogen-bond acceptors (Lipinski definition) is 3. The Bertz CT molecular complexity index is 888. The molecule has 1 amide bonds. The minimum atomic E-state index is -0.375. The molecular formula is C16H13Cl2N3O2. The zero-order chi connectivity index (χ0) is 16.6. The van der Waals surface area contributed by atoms with Crippen molar-refractivity contribution in [2.24, 2.45) is 7.05 Å². The monoisotopic (exact) mass is 349 g/mol. The SMILES string of the molecule is Cn1cc(CO)c2c(Cl)c(C(=O)Nc3ccc(Cl)cc3)cnc21. The number of halogens is 2. The average Bonchev–Trinajstić information content (AvgIpc) is 2.87. The fourth-order valence-corrected chi connectivity index (χ4v) is 2.87.